The molecule has 14 heavy (non-hydrogen) atoms. The maximum absolute atomic E-state index is 8.35. The molecule has 1 aromatic heterocycles. The van der Waals surface area contributed by atoms with E-state index in [2.05, 4.69) is 23.3 Å². The van der Waals surface area contributed by atoms with Crippen LogP contribution in [0.4, 0.5) is 0 Å². The zero-order chi connectivity index (χ0) is 10.2. The minimum Gasteiger partial charge on any atom is -0.308 e. The van der Waals surface area contributed by atoms with E-state index in [1.165, 1.54) is 0 Å². The molecule has 0 spiro atoms. The van der Waals surface area contributed by atoms with Crippen molar-refractivity contribution in [2.24, 2.45) is 0 Å². The zero-order valence-corrected chi connectivity index (χ0v) is 9.18. The van der Waals surface area contributed by atoms with Crippen LogP contribution in [0.15, 0.2) is 11.6 Å². The second-order valence-electron chi connectivity index (χ2n) is 3.16. The van der Waals surface area contributed by atoms with E-state index >= 15 is 0 Å². The molecule has 0 radical (unpaired) electrons. The van der Waals surface area contributed by atoms with Gasteiger partial charge < -0.3 is 5.32 Å². The van der Waals surface area contributed by atoms with E-state index in [1.807, 2.05) is 11.6 Å². The van der Waals surface area contributed by atoms with Crippen molar-refractivity contribution >= 4 is 11.3 Å². The monoisotopic (exact) mass is 209 g/mol. The van der Waals surface area contributed by atoms with Crippen molar-refractivity contribution in [3.05, 3.63) is 16.6 Å². The third kappa shape index (κ3) is 3.86. The van der Waals surface area contributed by atoms with Gasteiger partial charge in [-0.15, -0.1) is 11.3 Å². The summed E-state index contributed by atoms with van der Waals surface area (Å²) in [7, 11) is 0. The number of aromatic nitrogens is 1. The fraction of sp³-hybridized carbons (Fsp3) is 0.600. The Morgan fingerprint density at radius 1 is 1.64 bits per heavy atom. The molecule has 0 bridgehead atoms. The molecule has 76 valence electrons. The van der Waals surface area contributed by atoms with Crippen LogP contribution in [0.3, 0.4) is 0 Å². The van der Waals surface area contributed by atoms with Crippen LogP contribution in [-0.4, -0.2) is 11.5 Å². The van der Waals surface area contributed by atoms with Crippen LogP contribution in [0, 0.1) is 11.3 Å². The molecule has 0 aliphatic rings. The lowest BCUT2D eigenvalue weighted by Gasteiger charge is -2.09. The van der Waals surface area contributed by atoms with Crippen LogP contribution >= 0.6 is 11.3 Å². The first kappa shape index (κ1) is 11.2. The molecule has 0 amide bonds. The molecule has 0 aromatic carbocycles. The Kier molecular flexibility index (Phi) is 5.20. The average molecular weight is 209 g/mol. The largest absolute Gasteiger partial charge is 0.308 e. The maximum atomic E-state index is 8.35. The van der Waals surface area contributed by atoms with Gasteiger partial charge in [-0.05, 0) is 26.3 Å². The summed E-state index contributed by atoms with van der Waals surface area (Å²) in [6.45, 7) is 3.07. The van der Waals surface area contributed by atoms with Gasteiger partial charge >= 0.3 is 0 Å². The SMILES string of the molecule is CC(NCCCCC#N)c1nccs1. The molecule has 4 heteroatoms. The Labute approximate surface area is 88.8 Å². The Balaban J connectivity index is 2.10. The average Bonchev–Trinajstić information content (AvgIpc) is 2.70. The van der Waals surface area contributed by atoms with Crippen LogP contribution in [0.2, 0.25) is 0 Å². The first-order valence-corrected chi connectivity index (χ1v) is 5.72. The van der Waals surface area contributed by atoms with Gasteiger partial charge in [0, 0.05) is 18.0 Å². The number of nitrogens with one attached hydrogen (secondary N) is 1. The van der Waals surface area contributed by atoms with Gasteiger partial charge in [0.2, 0.25) is 0 Å². The van der Waals surface area contributed by atoms with Gasteiger partial charge in [-0.2, -0.15) is 5.26 Å². The second-order valence-corrected chi connectivity index (χ2v) is 4.09. The molecule has 1 aromatic rings. The molecule has 1 N–H and O–H groups in total. The van der Waals surface area contributed by atoms with E-state index in [-0.39, 0.29) is 0 Å². The fourth-order valence-corrected chi connectivity index (χ4v) is 1.85. The van der Waals surface area contributed by atoms with Crippen molar-refractivity contribution in [2.45, 2.75) is 32.2 Å². The van der Waals surface area contributed by atoms with Crippen LogP contribution in [0.5, 0.6) is 0 Å². The highest BCUT2D eigenvalue weighted by Crippen LogP contribution is 2.14. The predicted molar refractivity (Wildman–Crippen MR) is 58.0 cm³/mol. The molecule has 3 nitrogen and oxygen atoms in total. The van der Waals surface area contributed by atoms with Crippen molar-refractivity contribution in [3.8, 4) is 6.07 Å². The van der Waals surface area contributed by atoms with E-state index in [4.69, 9.17) is 5.26 Å². The highest BCUT2D eigenvalue weighted by Gasteiger charge is 2.05. The van der Waals surface area contributed by atoms with Gasteiger partial charge in [0.1, 0.15) is 5.01 Å². The predicted octanol–water partition coefficient (Wildman–Crippen LogP) is 2.49. The van der Waals surface area contributed by atoms with Gasteiger partial charge in [-0.25, -0.2) is 4.98 Å². The quantitative estimate of drug-likeness (QED) is 0.732. The second kappa shape index (κ2) is 6.52. The lowest BCUT2D eigenvalue weighted by atomic mass is 10.2. The highest BCUT2D eigenvalue weighted by atomic mass is 32.1. The minimum absolute atomic E-state index is 0.331. The topological polar surface area (TPSA) is 48.7 Å². The van der Waals surface area contributed by atoms with Crippen molar-refractivity contribution in [2.75, 3.05) is 6.54 Å². The summed E-state index contributed by atoms with van der Waals surface area (Å²) in [6.07, 6.45) is 4.53. The van der Waals surface area contributed by atoms with Crippen molar-refractivity contribution in [3.63, 3.8) is 0 Å². The molecule has 0 saturated heterocycles. The lowest BCUT2D eigenvalue weighted by Crippen LogP contribution is -2.19. The Morgan fingerprint density at radius 2 is 2.50 bits per heavy atom. The normalized spacial score (nSPS) is 12.3. The van der Waals surface area contributed by atoms with E-state index in [0.717, 1.165) is 24.4 Å². The first-order valence-electron chi connectivity index (χ1n) is 4.84. The number of nitrogens with zero attached hydrogens (tertiary/aromatic N) is 2. The number of thiazole rings is 1. The molecule has 0 aliphatic heterocycles. The van der Waals surface area contributed by atoms with Crippen LogP contribution in [-0.2, 0) is 0 Å². The summed E-state index contributed by atoms with van der Waals surface area (Å²) < 4.78 is 0. The molecule has 1 unspecified atom stereocenters. The molecule has 0 aliphatic carbocycles. The molecular formula is C10H15N3S. The molecule has 0 fully saturated rings. The van der Waals surface area contributed by atoms with E-state index < -0.39 is 0 Å². The maximum Gasteiger partial charge on any atom is 0.109 e. The number of rotatable bonds is 6. The summed E-state index contributed by atoms with van der Waals surface area (Å²) in [5.41, 5.74) is 0. The van der Waals surface area contributed by atoms with Crippen LogP contribution in [0.1, 0.15) is 37.2 Å². The molecular weight excluding hydrogens is 194 g/mol. The smallest absolute Gasteiger partial charge is 0.109 e. The van der Waals surface area contributed by atoms with E-state index in [0.29, 0.717) is 12.5 Å². The molecule has 1 heterocycles. The Bertz CT molecular complexity index is 276. The number of nitriles is 1. The van der Waals surface area contributed by atoms with Gasteiger partial charge in [-0.1, -0.05) is 0 Å². The lowest BCUT2D eigenvalue weighted by molar-refractivity contribution is 0.547. The summed E-state index contributed by atoms with van der Waals surface area (Å²) in [5, 5.41) is 14.8. The third-order valence-electron chi connectivity index (χ3n) is 1.99. The van der Waals surface area contributed by atoms with E-state index in [1.54, 1.807) is 11.3 Å². The molecule has 1 atom stereocenters. The summed E-state index contributed by atoms with van der Waals surface area (Å²) in [4.78, 5) is 4.23. The summed E-state index contributed by atoms with van der Waals surface area (Å²) >= 11 is 1.67. The summed E-state index contributed by atoms with van der Waals surface area (Å²) in [5.74, 6) is 0. The summed E-state index contributed by atoms with van der Waals surface area (Å²) in [6, 6.07) is 2.48. The van der Waals surface area contributed by atoms with Crippen molar-refractivity contribution in [1.29, 1.82) is 5.26 Å². The standard InChI is InChI=1S/C10H15N3S/c1-9(10-13-7-8-14-10)12-6-4-2-3-5-11/h7-9,12H,2-4,6H2,1H3. The van der Waals surface area contributed by atoms with Gasteiger partial charge in [-0.3, -0.25) is 0 Å². The van der Waals surface area contributed by atoms with Crippen LogP contribution in [0.25, 0.3) is 0 Å². The van der Waals surface area contributed by atoms with Crippen LogP contribution < -0.4 is 5.32 Å². The first-order chi connectivity index (χ1) is 6.84. The Morgan fingerprint density at radius 3 is 3.14 bits per heavy atom. The Hall–Kier alpha value is -0.920. The van der Waals surface area contributed by atoms with Gasteiger partial charge in [0.15, 0.2) is 0 Å². The third-order valence-corrected chi connectivity index (χ3v) is 2.95. The zero-order valence-electron chi connectivity index (χ0n) is 8.36. The minimum atomic E-state index is 0.331. The number of hydrogen-bond donors (Lipinski definition) is 1. The number of hydrogen-bond acceptors (Lipinski definition) is 4. The molecule has 0 saturated carbocycles. The van der Waals surface area contributed by atoms with E-state index in [9.17, 15) is 0 Å². The fourth-order valence-electron chi connectivity index (χ4n) is 1.18. The van der Waals surface area contributed by atoms with Crippen molar-refractivity contribution < 1.29 is 0 Å². The highest BCUT2D eigenvalue weighted by molar-refractivity contribution is 7.09. The number of unbranched alkanes of at least 4 members (excludes halogenated alkanes) is 2. The van der Waals surface area contributed by atoms with Gasteiger partial charge in [0.05, 0.1) is 12.1 Å². The van der Waals surface area contributed by atoms with Gasteiger partial charge in [0.25, 0.3) is 0 Å². The molecule has 1 rings (SSSR count). The van der Waals surface area contributed by atoms with Crippen molar-refractivity contribution in [1.82, 2.24) is 10.3 Å².